The van der Waals surface area contributed by atoms with Crippen LogP contribution in [0.5, 0.6) is 5.75 Å². The van der Waals surface area contributed by atoms with Gasteiger partial charge in [0, 0.05) is 0 Å². The maximum Gasteiger partial charge on any atom is 0.244 e. The monoisotopic (exact) mass is 390 g/mol. The minimum atomic E-state index is -3.61. The Hall–Kier alpha value is -2.54. The Kier molecular flexibility index (Phi) is 7.24. The summed E-state index contributed by atoms with van der Waals surface area (Å²) in [4.78, 5) is 12.6. The Labute approximate surface area is 161 Å². The molecule has 0 aliphatic rings. The summed E-state index contributed by atoms with van der Waals surface area (Å²) in [5.41, 5.74) is 1.49. The van der Waals surface area contributed by atoms with Gasteiger partial charge in [-0.2, -0.15) is 0 Å². The lowest BCUT2D eigenvalue weighted by molar-refractivity contribution is -0.122. The minimum absolute atomic E-state index is 0.288. The first-order chi connectivity index (χ1) is 12.8. The molecule has 0 aliphatic carbocycles. The Balaban J connectivity index is 2.02. The summed E-state index contributed by atoms with van der Waals surface area (Å²) in [5.74, 6) is 0.418. The summed E-state index contributed by atoms with van der Waals surface area (Å²) in [5, 5.41) is 2.78. The van der Waals surface area contributed by atoms with E-state index in [0.717, 1.165) is 17.6 Å². The van der Waals surface area contributed by atoms with Gasteiger partial charge in [-0.25, -0.2) is 8.42 Å². The average molecular weight is 391 g/mol. The molecule has 1 unspecified atom stereocenters. The normalized spacial score (nSPS) is 12.3. The van der Waals surface area contributed by atoms with Crippen molar-refractivity contribution in [2.24, 2.45) is 0 Å². The summed E-state index contributed by atoms with van der Waals surface area (Å²) >= 11 is 0. The number of ether oxygens (including phenoxy) is 1. The van der Waals surface area contributed by atoms with Crippen LogP contribution in [0.25, 0.3) is 0 Å². The van der Waals surface area contributed by atoms with E-state index in [9.17, 15) is 13.2 Å². The molecular weight excluding hydrogens is 364 g/mol. The van der Waals surface area contributed by atoms with E-state index in [4.69, 9.17) is 4.74 Å². The molecule has 0 bridgehead atoms. The van der Waals surface area contributed by atoms with Crippen molar-refractivity contribution in [3.63, 3.8) is 0 Å². The molecule has 1 amide bonds. The summed E-state index contributed by atoms with van der Waals surface area (Å²) in [7, 11) is -3.61. The number of nitrogens with one attached hydrogen (secondary N) is 1. The van der Waals surface area contributed by atoms with Gasteiger partial charge in [-0.15, -0.1) is 0 Å². The fourth-order valence-electron chi connectivity index (χ4n) is 2.81. The highest BCUT2D eigenvalue weighted by atomic mass is 32.2. The van der Waals surface area contributed by atoms with Crippen LogP contribution >= 0.6 is 0 Å². The van der Waals surface area contributed by atoms with E-state index in [2.05, 4.69) is 5.32 Å². The average Bonchev–Trinajstić information content (AvgIpc) is 2.64. The molecule has 0 spiro atoms. The molecule has 0 saturated carbocycles. The maximum absolute atomic E-state index is 12.6. The SMILES string of the molecule is CCC(C(=O)NCCOc1ccccc1C)N(c1ccccc1)S(C)(=O)=O. The van der Waals surface area contributed by atoms with Crippen molar-refractivity contribution < 1.29 is 17.9 Å². The molecule has 2 aromatic carbocycles. The molecule has 0 saturated heterocycles. The number of anilines is 1. The number of hydrogen-bond acceptors (Lipinski definition) is 4. The number of nitrogens with zero attached hydrogens (tertiary/aromatic N) is 1. The van der Waals surface area contributed by atoms with E-state index in [1.165, 1.54) is 4.31 Å². The van der Waals surface area contributed by atoms with Crippen molar-refractivity contribution in [3.8, 4) is 5.75 Å². The van der Waals surface area contributed by atoms with Crippen LogP contribution in [0.4, 0.5) is 5.69 Å². The highest BCUT2D eigenvalue weighted by Gasteiger charge is 2.31. The summed E-state index contributed by atoms with van der Waals surface area (Å²) in [6.07, 6.45) is 1.46. The molecule has 0 radical (unpaired) electrons. The van der Waals surface area contributed by atoms with Crippen LogP contribution in [0, 0.1) is 6.92 Å². The largest absolute Gasteiger partial charge is 0.491 e. The molecule has 27 heavy (non-hydrogen) atoms. The van der Waals surface area contributed by atoms with E-state index >= 15 is 0 Å². The number of para-hydroxylation sites is 2. The second-order valence-electron chi connectivity index (χ2n) is 6.22. The van der Waals surface area contributed by atoms with E-state index in [-0.39, 0.29) is 12.5 Å². The quantitative estimate of drug-likeness (QED) is 0.668. The third kappa shape index (κ3) is 5.72. The van der Waals surface area contributed by atoms with Crippen molar-refractivity contribution in [2.45, 2.75) is 26.3 Å². The predicted octanol–water partition coefficient (Wildman–Crippen LogP) is 2.73. The van der Waals surface area contributed by atoms with Crippen molar-refractivity contribution in [2.75, 3.05) is 23.7 Å². The van der Waals surface area contributed by atoms with Crippen LogP contribution in [0.2, 0.25) is 0 Å². The van der Waals surface area contributed by atoms with Gasteiger partial charge >= 0.3 is 0 Å². The van der Waals surface area contributed by atoms with Crippen LogP contribution in [0.15, 0.2) is 54.6 Å². The Bertz CT molecular complexity index is 853. The van der Waals surface area contributed by atoms with Gasteiger partial charge < -0.3 is 10.1 Å². The molecule has 2 rings (SSSR count). The lowest BCUT2D eigenvalue weighted by Gasteiger charge is -2.30. The third-order valence-corrected chi connectivity index (χ3v) is 5.27. The van der Waals surface area contributed by atoms with E-state index < -0.39 is 16.1 Å². The molecule has 7 heteroatoms. The molecule has 0 aromatic heterocycles. The summed E-state index contributed by atoms with van der Waals surface area (Å²) < 4.78 is 31.5. The highest BCUT2D eigenvalue weighted by molar-refractivity contribution is 7.92. The van der Waals surface area contributed by atoms with Gasteiger partial charge in [0.25, 0.3) is 0 Å². The second kappa shape index (κ2) is 9.41. The predicted molar refractivity (Wildman–Crippen MR) is 108 cm³/mol. The van der Waals surface area contributed by atoms with Crippen LogP contribution in [-0.2, 0) is 14.8 Å². The van der Waals surface area contributed by atoms with Crippen LogP contribution in [-0.4, -0.2) is 39.8 Å². The first kappa shape index (κ1) is 20.8. The Morgan fingerprint density at radius 1 is 1.11 bits per heavy atom. The van der Waals surface area contributed by atoms with Gasteiger partial charge in [-0.3, -0.25) is 9.10 Å². The van der Waals surface area contributed by atoms with Gasteiger partial charge in [0.2, 0.25) is 15.9 Å². The van der Waals surface area contributed by atoms with Crippen LogP contribution in [0.3, 0.4) is 0 Å². The lowest BCUT2D eigenvalue weighted by atomic mass is 10.2. The zero-order valence-corrected chi connectivity index (χ0v) is 16.7. The zero-order chi connectivity index (χ0) is 19.9. The van der Waals surface area contributed by atoms with Crippen molar-refractivity contribution in [1.29, 1.82) is 0 Å². The second-order valence-corrected chi connectivity index (χ2v) is 8.08. The van der Waals surface area contributed by atoms with Gasteiger partial charge in [0.1, 0.15) is 18.4 Å². The third-order valence-electron chi connectivity index (χ3n) is 4.09. The van der Waals surface area contributed by atoms with Crippen LogP contribution < -0.4 is 14.4 Å². The van der Waals surface area contributed by atoms with Crippen molar-refractivity contribution in [3.05, 3.63) is 60.2 Å². The molecule has 146 valence electrons. The van der Waals surface area contributed by atoms with Crippen molar-refractivity contribution >= 4 is 21.6 Å². The number of aryl methyl sites for hydroxylation is 1. The molecule has 1 atom stereocenters. The maximum atomic E-state index is 12.6. The van der Waals surface area contributed by atoms with E-state index in [1.54, 1.807) is 37.3 Å². The Morgan fingerprint density at radius 3 is 2.33 bits per heavy atom. The molecule has 0 fully saturated rings. The van der Waals surface area contributed by atoms with E-state index in [0.29, 0.717) is 18.7 Å². The number of hydrogen-bond donors (Lipinski definition) is 1. The lowest BCUT2D eigenvalue weighted by Crippen LogP contribution is -2.49. The number of sulfonamides is 1. The fourth-order valence-corrected chi connectivity index (χ4v) is 4.02. The van der Waals surface area contributed by atoms with Gasteiger partial charge in [0.15, 0.2) is 0 Å². The van der Waals surface area contributed by atoms with Crippen LogP contribution in [0.1, 0.15) is 18.9 Å². The Morgan fingerprint density at radius 2 is 1.74 bits per heavy atom. The molecule has 0 aliphatic heterocycles. The number of rotatable bonds is 9. The number of benzene rings is 2. The van der Waals surface area contributed by atoms with Crippen molar-refractivity contribution in [1.82, 2.24) is 5.32 Å². The zero-order valence-electron chi connectivity index (χ0n) is 15.9. The van der Waals surface area contributed by atoms with E-state index in [1.807, 2.05) is 31.2 Å². The molecule has 0 heterocycles. The molecular formula is C20H26N2O4S. The first-order valence-corrected chi connectivity index (χ1v) is 10.7. The molecule has 1 N–H and O–H groups in total. The van der Waals surface area contributed by atoms with Gasteiger partial charge in [0.05, 0.1) is 18.5 Å². The van der Waals surface area contributed by atoms with Gasteiger partial charge in [-0.05, 0) is 37.1 Å². The number of carbonyl (C=O) groups excluding carboxylic acids is 1. The highest BCUT2D eigenvalue weighted by Crippen LogP contribution is 2.22. The standard InChI is InChI=1S/C20H26N2O4S/c1-4-18(22(27(3,24)25)17-11-6-5-7-12-17)20(23)21-14-15-26-19-13-9-8-10-16(19)2/h5-13,18H,4,14-15H2,1-3H3,(H,21,23). The van der Waals surface area contributed by atoms with Gasteiger partial charge in [-0.1, -0.05) is 43.3 Å². The number of amides is 1. The topological polar surface area (TPSA) is 75.7 Å². The minimum Gasteiger partial charge on any atom is -0.491 e. The molecule has 2 aromatic rings. The molecule has 6 nitrogen and oxygen atoms in total. The number of carbonyl (C=O) groups is 1. The first-order valence-electron chi connectivity index (χ1n) is 8.85. The fraction of sp³-hybridized carbons (Fsp3) is 0.350. The summed E-state index contributed by atoms with van der Waals surface area (Å²) in [6, 6.07) is 15.5. The summed E-state index contributed by atoms with van der Waals surface area (Å²) in [6.45, 7) is 4.33. The smallest absolute Gasteiger partial charge is 0.244 e.